The second-order valence-electron chi connectivity index (χ2n) is 42.2. The molecule has 0 saturated carbocycles. The predicted octanol–water partition coefficient (Wildman–Crippen LogP) is 32.1. The van der Waals surface area contributed by atoms with Crippen LogP contribution in [0.15, 0.2) is 100 Å². The fourth-order valence-corrected chi connectivity index (χ4v) is 11.7. The van der Waals surface area contributed by atoms with E-state index in [0.29, 0.717) is 18.8 Å². The van der Waals surface area contributed by atoms with Gasteiger partial charge in [-0.1, -0.05) is 0 Å². The van der Waals surface area contributed by atoms with E-state index in [0.717, 1.165) is 94.7 Å². The molecule has 0 aliphatic heterocycles. The maximum Gasteiger partial charge on any atom is 0.0836 e. The summed E-state index contributed by atoms with van der Waals surface area (Å²) in [5.74, 6) is 0. The van der Waals surface area contributed by atoms with Gasteiger partial charge in [0, 0.05) is 143 Å². The van der Waals surface area contributed by atoms with Gasteiger partial charge in [-0.15, -0.1) is 0 Å². The third-order valence-corrected chi connectivity index (χ3v) is 27.8. The zero-order valence-corrected chi connectivity index (χ0v) is 96.7. The third-order valence-electron chi connectivity index (χ3n) is 27.8. The van der Waals surface area contributed by atoms with Gasteiger partial charge >= 0.3 is 0 Å². The quantitative estimate of drug-likeness (QED) is 0.0528. The van der Waals surface area contributed by atoms with Crippen LogP contribution in [0.1, 0.15) is 487 Å². The van der Waals surface area contributed by atoms with Crippen LogP contribution >= 0.6 is 0 Å². The van der Waals surface area contributed by atoms with Gasteiger partial charge in [0.05, 0.1) is 131 Å². The maximum absolute atomic E-state index is 7.60. The zero-order chi connectivity index (χ0) is 140. The number of ether oxygens (including phenoxy) is 18. The van der Waals surface area contributed by atoms with E-state index in [-0.39, 0.29) is 61.1 Å². The van der Waals surface area contributed by atoms with Crippen LogP contribution in [0.5, 0.6) is 0 Å². The summed E-state index contributed by atoms with van der Waals surface area (Å²) in [7, 11) is -6.05. The highest BCUT2D eigenvalue weighted by Gasteiger charge is 2.38. The van der Waals surface area contributed by atoms with E-state index in [4.69, 9.17) is 136 Å². The van der Waals surface area contributed by atoms with E-state index >= 15 is 0 Å². The first-order valence-electron chi connectivity index (χ1n) is 66.6. The largest absolute Gasteiger partial charge is 0.374 e. The molecule has 810 valence electrons. The van der Waals surface area contributed by atoms with Crippen molar-refractivity contribution < 1.29 is 136 Å². The molecule has 0 rings (SSSR count). The van der Waals surface area contributed by atoms with E-state index in [1.54, 1.807) is 111 Å². The highest BCUT2D eigenvalue weighted by Crippen LogP contribution is 2.40. The van der Waals surface area contributed by atoms with Gasteiger partial charge in [0.1, 0.15) is 0 Å². The third kappa shape index (κ3) is 52.3. The van der Waals surface area contributed by atoms with Crippen LogP contribution in [0.25, 0.3) is 0 Å². The summed E-state index contributed by atoms with van der Waals surface area (Å²) in [5, 5.41) is 0. The Morgan fingerprint density at radius 1 is 0.170 bits per heavy atom. The molecule has 1 unspecified atom stereocenters. The highest BCUT2D eigenvalue weighted by atomic mass is 16.5. The minimum Gasteiger partial charge on any atom is -0.374 e. The Morgan fingerprint density at radius 2 is 0.363 bits per heavy atom. The lowest BCUT2D eigenvalue weighted by Crippen LogP contribution is -2.32. The zero-order valence-electron chi connectivity index (χ0n) is 134. The van der Waals surface area contributed by atoms with E-state index in [1.165, 1.54) is 6.92 Å². The topological polar surface area (TPSA) is 166 Å². The van der Waals surface area contributed by atoms with Gasteiger partial charge in [-0.3, -0.25) is 0 Å². The van der Waals surface area contributed by atoms with Crippen LogP contribution in [0.3, 0.4) is 0 Å². The maximum atomic E-state index is 7.60. The van der Waals surface area contributed by atoms with Crippen molar-refractivity contribution in [1.29, 1.82) is 0 Å². The smallest absolute Gasteiger partial charge is 0.0836 e. The Kier molecular flexibility index (Phi) is 41.9. The minimum atomic E-state index is -2.87. The van der Waals surface area contributed by atoms with Gasteiger partial charge in [-0.2, -0.15) is 0 Å². The predicted molar refractivity (Wildman–Crippen MR) is 587 cm³/mol. The van der Waals surface area contributed by atoms with Gasteiger partial charge in [-0.05, 0) is 536 Å². The second kappa shape index (κ2) is 63.9. The van der Waals surface area contributed by atoms with Crippen molar-refractivity contribution in [1.82, 2.24) is 0 Å². The summed E-state index contributed by atoms with van der Waals surface area (Å²) in [6.07, 6.45) is 0. The molecule has 0 radical (unpaired) electrons. The van der Waals surface area contributed by atoms with Gasteiger partial charge in [0.25, 0.3) is 0 Å². The first-order chi connectivity index (χ1) is 75.5. The van der Waals surface area contributed by atoms with Gasteiger partial charge in [-0.25, -0.2) is 0 Å². The molecular weight excluding hydrogens is 1690 g/mol. The van der Waals surface area contributed by atoms with Crippen LogP contribution in [-0.4, -0.2) is 224 Å². The van der Waals surface area contributed by atoms with Crippen LogP contribution in [-0.2, 0) is 85.3 Å². The fourth-order valence-electron chi connectivity index (χ4n) is 11.7. The van der Waals surface area contributed by atoms with Crippen LogP contribution in [0.4, 0.5) is 0 Å². The van der Waals surface area contributed by atoms with E-state index in [1.807, 2.05) is 270 Å². The molecule has 0 aromatic heterocycles. The lowest BCUT2D eigenvalue weighted by molar-refractivity contribution is 0.0109. The van der Waals surface area contributed by atoms with E-state index < -0.39 is 197 Å². The van der Waals surface area contributed by atoms with Gasteiger partial charge < -0.3 is 85.3 Å². The van der Waals surface area contributed by atoms with Gasteiger partial charge in [0.15, 0.2) is 0 Å². The molecule has 135 heavy (non-hydrogen) atoms. The molecule has 18 heteroatoms. The van der Waals surface area contributed by atoms with Crippen molar-refractivity contribution in [3.8, 4) is 0 Å². The summed E-state index contributed by atoms with van der Waals surface area (Å²) in [4.78, 5) is 0. The first kappa shape index (κ1) is 88.4. The SMILES string of the molecule is [2H]C([2H])COC(C)(C)/C(C)=C(/C)C(C)(C)OC([2H])[2H].[2H]C([2H])OC(C)(C)/C(C)=C(/C)C(C)(C)OCC.[2H]C([2H])OC(C)(C)/C(C)=C(/C)C(C)(C)OCC([2H])([2H])[2H].[2H]CCOC(C)(C)/C(C)=C(/C)C(C)(C)OC([2H])[2H].[2H]COC(C)(C)/C(C)=C(/C)C(C)(C)OC([2H])([2H])C.[2H]COC(C)(C)/C(C)=C(/C)C(C)(C)OC([2H])([2H])C([2H])([2H])[2H].[2H]COC(C)(C)/C(C)=C(/C)C(C)(C)OC([2H])([2H])C([2H])[2H].[2H]COC(C)(C)/C(C)=C(/C)C(C)(C)OC([2H])([2H])C[2H].[2H]COC(C)(C)/C(C)=C(/C)C(C)(C)OC([2H])C([2H])([2H])[2H]. The fraction of sp³-hybridized carbons (Fsp3) is 0.846. The van der Waals surface area contributed by atoms with Crippen LogP contribution in [0.2, 0.25) is 0 Å². The molecule has 0 fully saturated rings. The molecule has 18 nitrogen and oxygen atoms in total. The summed E-state index contributed by atoms with van der Waals surface area (Å²) in [6, 6.07) is 0. The average molecular weight is 1970 g/mol. The standard InChI is InChI=1S/9C13H26O2/c9*1-9-15-13(6,7)11(3)10(2)12(4,5)14-8/h9*9H2,1-8H3/b9*11-10-/i1D3,8D,9D2;1D3,8D,9D;1D2,8D,9D2;1D,8D,9D2;8D,9D2;1D3,8D2;1D2,8D2;1D,8D2;8D2. The van der Waals surface area contributed by atoms with Crippen molar-refractivity contribution >= 4 is 0 Å². The Bertz CT molecular complexity index is 4920. The molecule has 0 aromatic carbocycles. The molecular formula is C117H234O18. The average Bonchev–Trinajstić information content (AvgIpc) is 0.775. The number of rotatable bonds is 45. The molecule has 0 amide bonds. The lowest BCUT2D eigenvalue weighted by Gasteiger charge is -2.33. The number of hydrogen-bond acceptors (Lipinski definition) is 18. The monoisotopic (exact) mass is 1960 g/mol. The normalized spacial score (nSPS) is 20.2. The van der Waals surface area contributed by atoms with Crippen LogP contribution in [0, 0.1) is 0 Å². The van der Waals surface area contributed by atoms with E-state index in [9.17, 15) is 0 Å². The molecule has 0 N–H and O–H groups in total. The second-order valence-corrected chi connectivity index (χ2v) is 42.2. The van der Waals surface area contributed by atoms with Crippen molar-refractivity contribution in [3.05, 3.63) is 100 Å². The first-order valence-corrected chi connectivity index (χ1v) is 45.7. The van der Waals surface area contributed by atoms with Crippen molar-refractivity contribution in [2.45, 2.75) is 537 Å². The van der Waals surface area contributed by atoms with Crippen LogP contribution < -0.4 is 0 Å². The molecule has 0 spiro atoms. The number of methoxy groups -OCH3 is 9. The molecule has 0 saturated heterocycles. The Balaban J connectivity index is -0.000000248. The Morgan fingerprint density at radius 3 is 0.548 bits per heavy atom. The van der Waals surface area contributed by atoms with Gasteiger partial charge in [0.2, 0.25) is 0 Å². The molecule has 0 bridgehead atoms. The Labute approximate surface area is 893 Å². The summed E-state index contributed by atoms with van der Waals surface area (Å²) < 4.78 is 367. The molecule has 0 aliphatic carbocycles. The van der Waals surface area contributed by atoms with E-state index in [2.05, 4.69) is 0 Å². The number of hydrogen-bond donors (Lipinski definition) is 0. The molecule has 1 atom stereocenters. The molecule has 0 aromatic rings. The van der Waals surface area contributed by atoms with Crippen molar-refractivity contribution in [3.63, 3.8) is 0 Å². The van der Waals surface area contributed by atoms with Crippen molar-refractivity contribution in [2.75, 3.05) is 123 Å². The van der Waals surface area contributed by atoms with Crippen molar-refractivity contribution in [2.24, 2.45) is 0 Å². The summed E-state index contributed by atoms with van der Waals surface area (Å²) in [5.41, 5.74) is 3.31. The molecule has 0 aliphatic rings. The molecule has 0 heterocycles. The lowest BCUT2D eigenvalue weighted by atomic mass is 9.87. The Hall–Kier alpha value is -3.06. The summed E-state index contributed by atoms with van der Waals surface area (Å²) >= 11 is 0. The highest BCUT2D eigenvalue weighted by molar-refractivity contribution is 5.32. The summed E-state index contributed by atoms with van der Waals surface area (Å²) in [6.45, 7) is 83.0. The minimum absolute atomic E-state index is 0.0401.